The molecule has 152 valence electrons. The summed E-state index contributed by atoms with van der Waals surface area (Å²) in [6.07, 6.45) is 3.51. The van der Waals surface area contributed by atoms with Gasteiger partial charge in [0.1, 0.15) is 0 Å². The molecule has 0 bridgehead atoms. The van der Waals surface area contributed by atoms with Crippen LogP contribution >= 0.6 is 12.2 Å². The lowest BCUT2D eigenvalue weighted by atomic mass is 10.1. The van der Waals surface area contributed by atoms with E-state index < -0.39 is 0 Å². The molecule has 3 heterocycles. The first kappa shape index (κ1) is 20.6. The third kappa shape index (κ3) is 5.24. The van der Waals surface area contributed by atoms with E-state index in [1.807, 2.05) is 49.2 Å². The van der Waals surface area contributed by atoms with Crippen molar-refractivity contribution in [2.75, 3.05) is 32.7 Å². The first-order valence-corrected chi connectivity index (χ1v) is 9.94. The fraction of sp³-hybridized carbons (Fsp3) is 0.579. The van der Waals surface area contributed by atoms with Crippen LogP contribution in [-0.4, -0.2) is 73.3 Å². The minimum atomic E-state index is -0.194. The maximum atomic E-state index is 12.1. The summed E-state index contributed by atoms with van der Waals surface area (Å²) in [5.74, 6) is 0.916. The van der Waals surface area contributed by atoms with E-state index in [1.54, 1.807) is 12.4 Å². The summed E-state index contributed by atoms with van der Waals surface area (Å²) in [6, 6.07) is 3.87. The van der Waals surface area contributed by atoms with E-state index in [0.717, 1.165) is 37.6 Å². The molecule has 0 aromatic carbocycles. The standard InChI is InChI=1S/C19H29N7OS/c1-19(2,3)21-16(27)13-24-9-11-25(12-10-24)14-26-18(28)23(4)17(22-26)15-5-7-20-8-6-15/h5-8H,9-14H2,1-4H3,(H,21,27). The fourth-order valence-corrected chi connectivity index (χ4v) is 3.46. The summed E-state index contributed by atoms with van der Waals surface area (Å²) < 4.78 is 4.49. The van der Waals surface area contributed by atoms with Crippen molar-refractivity contribution < 1.29 is 4.79 Å². The largest absolute Gasteiger partial charge is 0.350 e. The quantitative estimate of drug-likeness (QED) is 0.763. The second-order valence-corrected chi connectivity index (χ2v) is 8.60. The molecular weight excluding hydrogens is 374 g/mol. The van der Waals surface area contributed by atoms with Crippen LogP contribution in [0.15, 0.2) is 24.5 Å². The number of carbonyl (C=O) groups excluding carboxylic acids is 1. The van der Waals surface area contributed by atoms with Gasteiger partial charge in [-0.2, -0.15) is 5.10 Å². The Morgan fingerprint density at radius 2 is 1.75 bits per heavy atom. The van der Waals surface area contributed by atoms with E-state index in [0.29, 0.717) is 18.0 Å². The van der Waals surface area contributed by atoms with Gasteiger partial charge in [0.2, 0.25) is 5.91 Å². The zero-order valence-corrected chi connectivity index (χ0v) is 17.9. The lowest BCUT2D eigenvalue weighted by molar-refractivity contribution is -0.124. The summed E-state index contributed by atoms with van der Waals surface area (Å²) in [5, 5.41) is 7.73. The van der Waals surface area contributed by atoms with Crippen LogP contribution in [0.2, 0.25) is 0 Å². The Labute approximate surface area is 171 Å². The summed E-state index contributed by atoms with van der Waals surface area (Å²) in [5.41, 5.74) is 0.804. The van der Waals surface area contributed by atoms with Crippen molar-refractivity contribution in [3.63, 3.8) is 0 Å². The average Bonchev–Trinajstić information content (AvgIpc) is 2.91. The highest BCUT2D eigenvalue weighted by Gasteiger charge is 2.22. The molecule has 28 heavy (non-hydrogen) atoms. The monoisotopic (exact) mass is 403 g/mol. The van der Waals surface area contributed by atoms with Gasteiger partial charge in [-0.15, -0.1) is 0 Å². The molecule has 0 spiro atoms. The Bertz CT molecular complexity index is 861. The summed E-state index contributed by atoms with van der Waals surface area (Å²) in [4.78, 5) is 20.7. The Hall–Kier alpha value is -2.10. The number of carbonyl (C=O) groups is 1. The van der Waals surface area contributed by atoms with Gasteiger partial charge in [-0.3, -0.25) is 19.6 Å². The van der Waals surface area contributed by atoms with Crippen LogP contribution < -0.4 is 5.32 Å². The number of pyridine rings is 1. The van der Waals surface area contributed by atoms with E-state index in [9.17, 15) is 4.79 Å². The number of hydrogen-bond acceptors (Lipinski definition) is 6. The predicted octanol–water partition coefficient (Wildman–Crippen LogP) is 1.50. The van der Waals surface area contributed by atoms with Crippen molar-refractivity contribution in [1.82, 2.24) is 34.4 Å². The van der Waals surface area contributed by atoms with E-state index in [1.165, 1.54) is 0 Å². The minimum absolute atomic E-state index is 0.0786. The lowest BCUT2D eigenvalue weighted by Crippen LogP contribution is -2.51. The number of rotatable bonds is 5. The molecular formula is C19H29N7OS. The molecule has 1 amide bonds. The molecule has 8 nitrogen and oxygen atoms in total. The van der Waals surface area contributed by atoms with Gasteiger partial charge in [-0.25, -0.2) is 4.68 Å². The number of aromatic nitrogens is 4. The first-order valence-electron chi connectivity index (χ1n) is 9.53. The Morgan fingerprint density at radius 3 is 2.36 bits per heavy atom. The first-order chi connectivity index (χ1) is 13.2. The van der Waals surface area contributed by atoms with Crippen LogP contribution in [0.5, 0.6) is 0 Å². The van der Waals surface area contributed by atoms with Gasteiger partial charge in [-0.05, 0) is 45.1 Å². The van der Waals surface area contributed by atoms with Gasteiger partial charge in [0, 0.05) is 56.7 Å². The number of piperazine rings is 1. The molecule has 1 saturated heterocycles. The van der Waals surface area contributed by atoms with Gasteiger partial charge in [0.25, 0.3) is 0 Å². The number of nitrogens with zero attached hydrogens (tertiary/aromatic N) is 6. The van der Waals surface area contributed by atoms with Gasteiger partial charge >= 0.3 is 0 Å². The van der Waals surface area contributed by atoms with Crippen LogP contribution in [-0.2, 0) is 18.5 Å². The maximum absolute atomic E-state index is 12.1. The molecule has 0 atom stereocenters. The molecule has 1 fully saturated rings. The van der Waals surface area contributed by atoms with Crippen molar-refractivity contribution in [2.24, 2.45) is 7.05 Å². The highest BCUT2D eigenvalue weighted by atomic mass is 32.1. The van der Waals surface area contributed by atoms with Crippen molar-refractivity contribution in [3.8, 4) is 11.4 Å². The normalized spacial score (nSPS) is 16.3. The Kier molecular flexibility index (Phi) is 6.26. The van der Waals surface area contributed by atoms with Gasteiger partial charge in [0.15, 0.2) is 10.6 Å². The number of hydrogen-bond donors (Lipinski definition) is 1. The minimum Gasteiger partial charge on any atom is -0.350 e. The third-order valence-electron chi connectivity index (χ3n) is 4.66. The molecule has 9 heteroatoms. The van der Waals surface area contributed by atoms with Crippen LogP contribution in [0.1, 0.15) is 20.8 Å². The second-order valence-electron chi connectivity index (χ2n) is 8.23. The molecule has 1 N–H and O–H groups in total. The summed E-state index contributed by atoms with van der Waals surface area (Å²) in [6.45, 7) is 10.6. The fourth-order valence-electron chi connectivity index (χ4n) is 3.27. The molecule has 0 radical (unpaired) electrons. The van der Waals surface area contributed by atoms with Crippen molar-refractivity contribution >= 4 is 18.1 Å². The molecule has 2 aromatic rings. The van der Waals surface area contributed by atoms with E-state index in [-0.39, 0.29) is 11.4 Å². The summed E-state index contributed by atoms with van der Waals surface area (Å²) >= 11 is 5.57. The summed E-state index contributed by atoms with van der Waals surface area (Å²) in [7, 11) is 1.94. The van der Waals surface area contributed by atoms with Crippen molar-refractivity contribution in [3.05, 3.63) is 29.3 Å². The van der Waals surface area contributed by atoms with Gasteiger partial charge < -0.3 is 9.88 Å². The van der Waals surface area contributed by atoms with E-state index >= 15 is 0 Å². The van der Waals surface area contributed by atoms with Crippen LogP contribution in [0.4, 0.5) is 0 Å². The Morgan fingerprint density at radius 1 is 1.14 bits per heavy atom. The zero-order valence-electron chi connectivity index (χ0n) is 17.1. The topological polar surface area (TPSA) is 71.2 Å². The maximum Gasteiger partial charge on any atom is 0.234 e. The molecule has 1 aliphatic rings. The van der Waals surface area contributed by atoms with Crippen molar-refractivity contribution in [2.45, 2.75) is 33.0 Å². The SMILES string of the molecule is Cn1c(-c2ccncc2)nn(CN2CCN(CC(=O)NC(C)(C)C)CC2)c1=S. The third-order valence-corrected chi connectivity index (χ3v) is 5.14. The van der Waals surface area contributed by atoms with Crippen LogP contribution in [0.3, 0.4) is 0 Å². The molecule has 0 saturated carbocycles. The van der Waals surface area contributed by atoms with Gasteiger partial charge in [0.05, 0.1) is 13.2 Å². The smallest absolute Gasteiger partial charge is 0.234 e. The molecule has 1 aliphatic heterocycles. The van der Waals surface area contributed by atoms with Crippen LogP contribution in [0.25, 0.3) is 11.4 Å². The molecule has 2 aromatic heterocycles. The van der Waals surface area contributed by atoms with Gasteiger partial charge in [-0.1, -0.05) is 0 Å². The average molecular weight is 404 g/mol. The highest BCUT2D eigenvalue weighted by molar-refractivity contribution is 7.71. The highest BCUT2D eigenvalue weighted by Crippen LogP contribution is 2.16. The second kappa shape index (κ2) is 8.50. The molecule has 0 aliphatic carbocycles. The van der Waals surface area contributed by atoms with Crippen molar-refractivity contribution in [1.29, 1.82) is 0 Å². The molecule has 3 rings (SSSR count). The van der Waals surface area contributed by atoms with E-state index in [2.05, 4.69) is 20.1 Å². The predicted molar refractivity (Wildman–Crippen MR) is 111 cm³/mol. The number of amides is 1. The molecule has 0 unspecified atom stereocenters. The Balaban J connectivity index is 1.57. The van der Waals surface area contributed by atoms with E-state index in [4.69, 9.17) is 17.3 Å². The zero-order chi connectivity index (χ0) is 20.3. The number of nitrogens with one attached hydrogen (secondary N) is 1. The van der Waals surface area contributed by atoms with Crippen LogP contribution in [0, 0.1) is 4.77 Å². The lowest BCUT2D eigenvalue weighted by Gasteiger charge is -2.34.